The third kappa shape index (κ3) is 4.07. The van der Waals surface area contributed by atoms with Crippen LogP contribution in [0.15, 0.2) is 91.1 Å². The van der Waals surface area contributed by atoms with Crippen LogP contribution in [0.4, 0.5) is 0 Å². The first-order chi connectivity index (χ1) is 17.3. The Morgan fingerprint density at radius 3 is 2.19 bits per heavy atom. The molecule has 0 saturated heterocycles. The summed E-state index contributed by atoms with van der Waals surface area (Å²) in [5.74, 6) is 7.79. The molecule has 2 heterocycles. The summed E-state index contributed by atoms with van der Waals surface area (Å²) in [4.78, 5) is 4.93. The van der Waals surface area contributed by atoms with Gasteiger partial charge in [-0.05, 0) is 22.3 Å². The predicted octanol–water partition coefficient (Wildman–Crippen LogP) is 9.61. The van der Waals surface area contributed by atoms with Gasteiger partial charge < -0.3 is 0 Å². The first kappa shape index (κ1) is 23.5. The average molecular weight is 546 g/mol. The van der Waals surface area contributed by atoms with Crippen LogP contribution in [-0.4, -0.2) is 18.3 Å². The topological polar surface area (TPSA) is 12.9 Å². The minimum absolute atomic E-state index is 0.448. The van der Waals surface area contributed by atoms with Gasteiger partial charge in [0.05, 0.1) is 0 Å². The van der Waals surface area contributed by atoms with Gasteiger partial charge >= 0.3 is 161 Å². The normalized spacial score (nSPS) is 12.3. The van der Waals surface area contributed by atoms with E-state index in [9.17, 15) is 0 Å². The van der Waals surface area contributed by atoms with Crippen molar-refractivity contribution < 1.29 is 0 Å². The van der Waals surface area contributed by atoms with Crippen molar-refractivity contribution in [1.82, 2.24) is 4.98 Å². The second kappa shape index (κ2) is 8.86. The van der Waals surface area contributed by atoms with Crippen molar-refractivity contribution in [3.8, 4) is 22.4 Å². The van der Waals surface area contributed by atoms with Gasteiger partial charge in [-0.3, -0.25) is 0 Å². The molecular formula is C33H31GeNS. The summed E-state index contributed by atoms with van der Waals surface area (Å²) in [5.41, 5.74) is 6.24. The monoisotopic (exact) mass is 547 g/mol. The Morgan fingerprint density at radius 2 is 1.44 bits per heavy atom. The molecule has 0 saturated carbocycles. The zero-order valence-corrected chi connectivity index (χ0v) is 24.5. The van der Waals surface area contributed by atoms with Gasteiger partial charge in [-0.2, -0.15) is 0 Å². The van der Waals surface area contributed by atoms with E-state index in [0.29, 0.717) is 5.92 Å². The van der Waals surface area contributed by atoms with Crippen LogP contribution < -0.4 is 4.40 Å². The molecule has 0 aliphatic carbocycles. The van der Waals surface area contributed by atoms with Gasteiger partial charge in [0.25, 0.3) is 0 Å². The number of thiophene rings is 1. The fourth-order valence-corrected chi connectivity index (χ4v) is 8.83. The van der Waals surface area contributed by atoms with Crippen molar-refractivity contribution in [2.45, 2.75) is 37.0 Å². The number of benzene rings is 4. The number of fused-ring (bicyclic) bond motifs is 4. The van der Waals surface area contributed by atoms with Crippen molar-refractivity contribution in [3.63, 3.8) is 0 Å². The van der Waals surface area contributed by atoms with E-state index >= 15 is 0 Å². The van der Waals surface area contributed by atoms with Crippen LogP contribution in [0.5, 0.6) is 0 Å². The Labute approximate surface area is 220 Å². The molecule has 0 bridgehead atoms. The molecule has 0 aliphatic rings. The van der Waals surface area contributed by atoms with Crippen molar-refractivity contribution in [1.29, 1.82) is 0 Å². The van der Waals surface area contributed by atoms with Gasteiger partial charge in [0.1, 0.15) is 0 Å². The average Bonchev–Trinajstić information content (AvgIpc) is 3.25. The summed E-state index contributed by atoms with van der Waals surface area (Å²) >= 11 is 0.0647. The molecule has 3 heteroatoms. The quantitative estimate of drug-likeness (QED) is 0.201. The second-order valence-corrected chi connectivity index (χ2v) is 22.9. The first-order valence-corrected chi connectivity index (χ1v) is 20.9. The second-order valence-electron chi connectivity index (χ2n) is 11.1. The van der Waals surface area contributed by atoms with Crippen LogP contribution in [0.3, 0.4) is 0 Å². The molecular weight excluding hydrogens is 515 g/mol. The fourth-order valence-electron chi connectivity index (χ4n) is 5.24. The van der Waals surface area contributed by atoms with E-state index in [1.54, 1.807) is 4.40 Å². The Bertz CT molecular complexity index is 1740. The third-order valence-corrected chi connectivity index (χ3v) is 12.7. The van der Waals surface area contributed by atoms with Crippen LogP contribution in [-0.2, 0) is 0 Å². The summed E-state index contributed by atoms with van der Waals surface area (Å²) in [6, 6.07) is 31.8. The molecule has 0 aliphatic heterocycles. The van der Waals surface area contributed by atoms with E-state index in [-0.39, 0.29) is 0 Å². The van der Waals surface area contributed by atoms with Gasteiger partial charge in [0, 0.05) is 0 Å². The number of pyridine rings is 1. The summed E-state index contributed by atoms with van der Waals surface area (Å²) in [5, 5.41) is 5.18. The number of rotatable bonds is 4. The van der Waals surface area contributed by atoms with Gasteiger partial charge in [-0.25, -0.2) is 0 Å². The van der Waals surface area contributed by atoms with Crippen molar-refractivity contribution in [3.05, 3.63) is 96.7 Å². The summed E-state index contributed by atoms with van der Waals surface area (Å²) < 4.78 is 4.16. The maximum atomic E-state index is 4.93. The van der Waals surface area contributed by atoms with E-state index in [1.165, 1.54) is 53.2 Å². The smallest absolute Gasteiger partial charge is 0.0616 e. The molecule has 2 aromatic heterocycles. The molecule has 0 amide bonds. The molecule has 0 unspecified atom stereocenters. The molecule has 36 heavy (non-hydrogen) atoms. The van der Waals surface area contributed by atoms with Crippen LogP contribution >= 0.6 is 11.3 Å². The minimum atomic E-state index is -1.81. The SMILES string of the molecule is CC(C)c1cc(-c2nccc3sc4cc(-c5cc[c]([Ge]([CH3])([CH3])[CH3])cc5)ccc4c23)cc2ccccc12. The van der Waals surface area contributed by atoms with Gasteiger partial charge in [0.15, 0.2) is 0 Å². The number of hydrogen-bond donors (Lipinski definition) is 0. The molecule has 1 nitrogen and oxygen atoms in total. The van der Waals surface area contributed by atoms with Crippen molar-refractivity contribution in [2.24, 2.45) is 0 Å². The van der Waals surface area contributed by atoms with Gasteiger partial charge in [0.2, 0.25) is 0 Å². The van der Waals surface area contributed by atoms with E-state index in [1.807, 2.05) is 17.5 Å². The summed E-state index contributed by atoms with van der Waals surface area (Å²) in [6.45, 7) is 4.55. The first-order valence-electron chi connectivity index (χ1n) is 12.7. The van der Waals surface area contributed by atoms with Crippen LogP contribution in [0, 0.1) is 0 Å². The maximum absolute atomic E-state index is 4.93. The summed E-state index contributed by atoms with van der Waals surface area (Å²) in [6.07, 6.45) is 1.97. The van der Waals surface area contributed by atoms with E-state index in [0.717, 1.165) is 5.69 Å². The molecule has 0 atom stereocenters. The number of hydrogen-bond acceptors (Lipinski definition) is 2. The summed E-state index contributed by atoms with van der Waals surface area (Å²) in [7, 11) is 0. The van der Waals surface area contributed by atoms with Gasteiger partial charge in [-0.1, -0.05) is 38.1 Å². The Kier molecular flexibility index (Phi) is 5.77. The third-order valence-electron chi connectivity index (χ3n) is 7.26. The standard InChI is InChI=1S/C33H31GeNS/c1-21(2)29-19-25(18-24-8-6-7-9-27(24)29)33-32-28-15-12-23(20-31(28)36-30(32)16-17-35-33)22-10-13-26(14-11-22)34(3,4)5/h6-21H,1-5H3. The van der Waals surface area contributed by atoms with Crippen LogP contribution in [0.25, 0.3) is 53.3 Å². The molecule has 0 spiro atoms. The Hall–Kier alpha value is -2.95. The van der Waals surface area contributed by atoms with Crippen molar-refractivity contribution >= 4 is 59.9 Å². The zero-order valence-electron chi connectivity index (χ0n) is 21.6. The molecule has 178 valence electrons. The Balaban J connectivity index is 1.51. The molecule has 4 aromatic carbocycles. The molecule has 6 aromatic rings. The molecule has 0 fully saturated rings. The molecule has 6 rings (SSSR count). The fraction of sp³-hybridized carbons (Fsp3) is 0.182. The molecule has 0 N–H and O–H groups in total. The number of nitrogens with zero attached hydrogens (tertiary/aromatic N) is 1. The van der Waals surface area contributed by atoms with Crippen LogP contribution in [0.2, 0.25) is 17.3 Å². The number of aromatic nitrogens is 1. The zero-order chi connectivity index (χ0) is 25.0. The minimum Gasteiger partial charge on any atom is -0.0616 e. The van der Waals surface area contributed by atoms with Crippen molar-refractivity contribution in [2.75, 3.05) is 0 Å². The van der Waals surface area contributed by atoms with Gasteiger partial charge in [-0.15, -0.1) is 0 Å². The van der Waals surface area contributed by atoms with E-state index in [4.69, 9.17) is 4.98 Å². The molecule has 0 radical (unpaired) electrons. The van der Waals surface area contributed by atoms with Crippen LogP contribution in [0.1, 0.15) is 25.3 Å². The predicted molar refractivity (Wildman–Crippen MR) is 163 cm³/mol. The van der Waals surface area contributed by atoms with E-state index < -0.39 is 13.3 Å². The Morgan fingerprint density at radius 1 is 0.694 bits per heavy atom. The van der Waals surface area contributed by atoms with E-state index in [2.05, 4.69) is 116 Å².